The van der Waals surface area contributed by atoms with Gasteiger partial charge >= 0.3 is 6.09 Å². The molecule has 7 heteroatoms. The first kappa shape index (κ1) is 18.6. The molecule has 0 saturated heterocycles. The summed E-state index contributed by atoms with van der Waals surface area (Å²) in [6.45, 7) is 0.719. The molecule has 3 aromatic rings. The van der Waals surface area contributed by atoms with Crippen molar-refractivity contribution in [2.75, 3.05) is 17.3 Å². The largest absolute Gasteiger partial charge is 0.417 e. The molecule has 0 bridgehead atoms. The van der Waals surface area contributed by atoms with Crippen LogP contribution >= 0.6 is 34.5 Å². The first-order valence-corrected chi connectivity index (χ1v) is 9.37. The summed E-state index contributed by atoms with van der Waals surface area (Å²) in [6, 6.07) is 18.2. The molecule has 1 heterocycles. The van der Waals surface area contributed by atoms with Crippen LogP contribution in [-0.4, -0.2) is 13.1 Å². The van der Waals surface area contributed by atoms with Gasteiger partial charge in [-0.05, 0) is 42.5 Å². The van der Waals surface area contributed by atoms with Crippen LogP contribution in [0.1, 0.15) is 4.88 Å². The lowest BCUT2D eigenvalue weighted by Crippen LogP contribution is -2.18. The quantitative estimate of drug-likeness (QED) is 0.540. The van der Waals surface area contributed by atoms with Gasteiger partial charge in [-0.15, -0.1) is 11.3 Å². The Balaban J connectivity index is 1.64. The molecule has 0 fully saturated rings. The Hall–Kier alpha value is -2.21. The number of anilines is 2. The Bertz CT molecular complexity index is 900. The number of nitrogens with one attached hydrogen (secondary N) is 1. The van der Waals surface area contributed by atoms with Crippen LogP contribution in [0.15, 0.2) is 60.7 Å². The standard InChI is InChI=1S/C19H16Cl2N2O2S/c1-23(12-15-8-10-18(21)26-15)13-7-9-17(16(20)11-13)22-19(24)25-14-5-3-2-4-6-14/h2-11H,12H2,1H3,(H,22,24). The number of thiophene rings is 1. The number of benzene rings is 2. The van der Waals surface area contributed by atoms with E-state index in [0.29, 0.717) is 16.5 Å². The van der Waals surface area contributed by atoms with E-state index < -0.39 is 6.09 Å². The van der Waals surface area contributed by atoms with Crippen molar-refractivity contribution < 1.29 is 9.53 Å². The Labute approximate surface area is 165 Å². The zero-order valence-electron chi connectivity index (χ0n) is 13.9. The molecule has 1 aromatic heterocycles. The maximum atomic E-state index is 12.0. The normalized spacial score (nSPS) is 10.4. The number of carbonyl (C=O) groups excluding carboxylic acids is 1. The van der Waals surface area contributed by atoms with Crippen molar-refractivity contribution in [3.05, 3.63) is 74.9 Å². The third kappa shape index (κ3) is 4.91. The summed E-state index contributed by atoms with van der Waals surface area (Å²) in [4.78, 5) is 15.2. The fourth-order valence-electron chi connectivity index (χ4n) is 2.34. The van der Waals surface area contributed by atoms with Crippen molar-refractivity contribution in [2.45, 2.75) is 6.54 Å². The van der Waals surface area contributed by atoms with Gasteiger partial charge in [-0.3, -0.25) is 5.32 Å². The number of halogens is 2. The van der Waals surface area contributed by atoms with E-state index in [9.17, 15) is 4.79 Å². The second kappa shape index (κ2) is 8.45. The smallest absolute Gasteiger partial charge is 0.410 e. The number of hydrogen-bond acceptors (Lipinski definition) is 4. The van der Waals surface area contributed by atoms with E-state index in [1.54, 1.807) is 47.7 Å². The second-order valence-corrected chi connectivity index (χ2v) is 7.76. The molecule has 0 atom stereocenters. The predicted molar refractivity (Wildman–Crippen MR) is 109 cm³/mol. The molecule has 0 aliphatic heterocycles. The lowest BCUT2D eigenvalue weighted by Gasteiger charge is -2.19. The van der Waals surface area contributed by atoms with Crippen LogP contribution in [0.3, 0.4) is 0 Å². The van der Waals surface area contributed by atoms with Gasteiger partial charge in [0, 0.05) is 17.6 Å². The van der Waals surface area contributed by atoms with Crippen LogP contribution in [0, 0.1) is 0 Å². The lowest BCUT2D eigenvalue weighted by molar-refractivity contribution is 0.215. The molecule has 4 nitrogen and oxygen atoms in total. The molecule has 0 unspecified atom stereocenters. The molecule has 1 N–H and O–H groups in total. The minimum atomic E-state index is -0.590. The summed E-state index contributed by atoms with van der Waals surface area (Å²) in [7, 11) is 1.97. The number of hydrogen-bond donors (Lipinski definition) is 1. The number of ether oxygens (including phenoxy) is 1. The number of rotatable bonds is 5. The van der Waals surface area contributed by atoms with E-state index in [-0.39, 0.29) is 0 Å². The Morgan fingerprint density at radius 1 is 1.12 bits per heavy atom. The third-order valence-electron chi connectivity index (χ3n) is 3.61. The average molecular weight is 407 g/mol. The summed E-state index contributed by atoms with van der Waals surface area (Å²) in [5, 5.41) is 3.08. The van der Waals surface area contributed by atoms with Gasteiger partial charge < -0.3 is 9.64 Å². The Kier molecular flexibility index (Phi) is 6.04. The van der Waals surface area contributed by atoms with Gasteiger partial charge in [-0.1, -0.05) is 41.4 Å². The number of para-hydroxylation sites is 1. The maximum Gasteiger partial charge on any atom is 0.417 e. The van der Waals surface area contributed by atoms with Crippen LogP contribution in [0.5, 0.6) is 5.75 Å². The van der Waals surface area contributed by atoms with E-state index in [1.807, 2.05) is 31.3 Å². The topological polar surface area (TPSA) is 41.6 Å². The SMILES string of the molecule is CN(Cc1ccc(Cl)s1)c1ccc(NC(=O)Oc2ccccc2)c(Cl)c1. The Morgan fingerprint density at radius 2 is 1.88 bits per heavy atom. The van der Waals surface area contributed by atoms with Crippen LogP contribution < -0.4 is 15.0 Å². The van der Waals surface area contributed by atoms with Gasteiger partial charge in [0.1, 0.15) is 5.75 Å². The molecular weight excluding hydrogens is 391 g/mol. The second-order valence-electron chi connectivity index (χ2n) is 5.55. The maximum absolute atomic E-state index is 12.0. The molecule has 26 heavy (non-hydrogen) atoms. The number of amides is 1. The monoisotopic (exact) mass is 406 g/mol. The van der Waals surface area contributed by atoms with Crippen molar-refractivity contribution in [3.8, 4) is 5.75 Å². The van der Waals surface area contributed by atoms with Crippen molar-refractivity contribution in [2.24, 2.45) is 0 Å². The van der Waals surface area contributed by atoms with Crippen LogP contribution in [-0.2, 0) is 6.54 Å². The fourth-order valence-corrected chi connectivity index (χ4v) is 3.70. The third-order valence-corrected chi connectivity index (χ3v) is 5.13. The van der Waals surface area contributed by atoms with Gasteiger partial charge in [0.25, 0.3) is 0 Å². The summed E-state index contributed by atoms with van der Waals surface area (Å²) in [5.41, 5.74) is 1.42. The molecular formula is C19H16Cl2N2O2S. The predicted octanol–water partition coefficient (Wildman–Crippen LogP) is 6.30. The first-order chi connectivity index (χ1) is 12.5. The van der Waals surface area contributed by atoms with E-state index >= 15 is 0 Å². The Morgan fingerprint density at radius 3 is 2.54 bits per heavy atom. The van der Waals surface area contributed by atoms with Crippen LogP contribution in [0.2, 0.25) is 9.36 Å². The van der Waals surface area contributed by atoms with Crippen molar-refractivity contribution in [1.29, 1.82) is 0 Å². The lowest BCUT2D eigenvalue weighted by atomic mass is 10.2. The number of carbonyl (C=O) groups is 1. The summed E-state index contributed by atoms with van der Waals surface area (Å²) in [6.07, 6.45) is -0.590. The van der Waals surface area contributed by atoms with Crippen LogP contribution in [0.4, 0.5) is 16.2 Å². The van der Waals surface area contributed by atoms with Gasteiger partial charge in [0.15, 0.2) is 0 Å². The molecule has 1 amide bonds. The zero-order chi connectivity index (χ0) is 18.5. The molecule has 2 aromatic carbocycles. The first-order valence-electron chi connectivity index (χ1n) is 7.80. The minimum absolute atomic E-state index is 0.434. The van der Waals surface area contributed by atoms with Crippen molar-refractivity contribution in [1.82, 2.24) is 0 Å². The van der Waals surface area contributed by atoms with Gasteiger partial charge in [0.2, 0.25) is 0 Å². The molecule has 0 spiro atoms. The highest BCUT2D eigenvalue weighted by Crippen LogP contribution is 2.29. The molecule has 3 rings (SSSR count). The summed E-state index contributed by atoms with van der Waals surface area (Å²) in [5.74, 6) is 0.465. The van der Waals surface area contributed by atoms with Gasteiger partial charge in [-0.2, -0.15) is 0 Å². The molecule has 0 aliphatic carbocycles. The zero-order valence-corrected chi connectivity index (χ0v) is 16.2. The van der Waals surface area contributed by atoms with E-state index in [0.717, 1.165) is 21.4 Å². The fraction of sp³-hybridized carbons (Fsp3) is 0.105. The van der Waals surface area contributed by atoms with Crippen LogP contribution in [0.25, 0.3) is 0 Å². The highest BCUT2D eigenvalue weighted by Gasteiger charge is 2.11. The average Bonchev–Trinajstić information content (AvgIpc) is 3.02. The van der Waals surface area contributed by atoms with E-state index in [2.05, 4.69) is 10.2 Å². The van der Waals surface area contributed by atoms with Gasteiger partial charge in [-0.25, -0.2) is 4.79 Å². The van der Waals surface area contributed by atoms with Crippen molar-refractivity contribution in [3.63, 3.8) is 0 Å². The minimum Gasteiger partial charge on any atom is -0.410 e. The number of nitrogens with zero attached hydrogens (tertiary/aromatic N) is 1. The molecule has 0 radical (unpaired) electrons. The van der Waals surface area contributed by atoms with Crippen molar-refractivity contribution >= 4 is 52.0 Å². The molecule has 0 aliphatic rings. The highest BCUT2D eigenvalue weighted by molar-refractivity contribution is 7.16. The molecule has 0 saturated carbocycles. The summed E-state index contributed by atoms with van der Waals surface area (Å²) < 4.78 is 5.97. The van der Waals surface area contributed by atoms with E-state index in [4.69, 9.17) is 27.9 Å². The highest BCUT2D eigenvalue weighted by atomic mass is 35.5. The van der Waals surface area contributed by atoms with Gasteiger partial charge in [0.05, 0.1) is 21.6 Å². The summed E-state index contributed by atoms with van der Waals surface area (Å²) >= 11 is 13.8. The molecule has 134 valence electrons. The van der Waals surface area contributed by atoms with E-state index in [1.165, 1.54) is 0 Å².